The van der Waals surface area contributed by atoms with E-state index in [2.05, 4.69) is 22.2 Å². The Balaban J connectivity index is 2.34. The van der Waals surface area contributed by atoms with Crippen LogP contribution in [0.2, 0.25) is 0 Å². The van der Waals surface area contributed by atoms with E-state index in [1.165, 1.54) is 0 Å². The van der Waals surface area contributed by atoms with E-state index in [0.29, 0.717) is 5.82 Å². The number of benzene rings is 1. The number of aromatic nitrogens is 2. The van der Waals surface area contributed by atoms with Crippen LogP contribution >= 0.6 is 0 Å². The van der Waals surface area contributed by atoms with Gasteiger partial charge in [-0.1, -0.05) is 6.92 Å². The Morgan fingerprint density at radius 1 is 1.10 bits per heavy atom. The maximum Gasteiger partial charge on any atom is 0.161 e. The zero-order valence-electron chi connectivity index (χ0n) is 12.0. The van der Waals surface area contributed by atoms with E-state index in [0.717, 1.165) is 35.8 Å². The van der Waals surface area contributed by atoms with Crippen LogP contribution in [0.5, 0.6) is 11.5 Å². The van der Waals surface area contributed by atoms with Gasteiger partial charge in [-0.2, -0.15) is 0 Å². The second kappa shape index (κ2) is 6.75. The first-order valence-electron chi connectivity index (χ1n) is 6.57. The summed E-state index contributed by atoms with van der Waals surface area (Å²) >= 11 is 0. The van der Waals surface area contributed by atoms with Crippen LogP contribution in [-0.2, 0) is 0 Å². The molecule has 0 saturated heterocycles. The molecule has 5 heteroatoms. The highest BCUT2D eigenvalue weighted by atomic mass is 16.5. The molecule has 1 N–H and O–H groups in total. The fraction of sp³-hybridized carbons (Fsp3) is 0.333. The molecule has 20 heavy (non-hydrogen) atoms. The minimum atomic E-state index is 0.642. The van der Waals surface area contributed by atoms with Crippen LogP contribution in [0, 0.1) is 0 Å². The van der Waals surface area contributed by atoms with Crippen LogP contribution in [0.1, 0.15) is 13.3 Å². The van der Waals surface area contributed by atoms with E-state index >= 15 is 0 Å². The van der Waals surface area contributed by atoms with Gasteiger partial charge >= 0.3 is 0 Å². The monoisotopic (exact) mass is 273 g/mol. The van der Waals surface area contributed by atoms with Crippen LogP contribution < -0.4 is 14.8 Å². The lowest BCUT2D eigenvalue weighted by molar-refractivity contribution is 0.394. The summed E-state index contributed by atoms with van der Waals surface area (Å²) in [6.45, 7) is 3.00. The number of anilines is 1. The molecule has 0 atom stereocenters. The molecule has 0 bridgehead atoms. The van der Waals surface area contributed by atoms with Crippen molar-refractivity contribution >= 4 is 5.82 Å². The molecule has 0 unspecified atom stereocenters. The first-order chi connectivity index (χ1) is 9.76. The predicted molar refractivity (Wildman–Crippen MR) is 79.4 cm³/mol. The first kappa shape index (κ1) is 14.1. The van der Waals surface area contributed by atoms with Gasteiger partial charge in [-0.05, 0) is 24.6 Å². The molecule has 0 aliphatic carbocycles. The van der Waals surface area contributed by atoms with Crippen molar-refractivity contribution in [1.82, 2.24) is 9.97 Å². The van der Waals surface area contributed by atoms with Crippen molar-refractivity contribution in [3.63, 3.8) is 0 Å². The van der Waals surface area contributed by atoms with E-state index in [9.17, 15) is 0 Å². The number of ether oxygens (including phenoxy) is 2. The summed E-state index contributed by atoms with van der Waals surface area (Å²) in [4.78, 5) is 8.80. The fourth-order valence-corrected chi connectivity index (χ4v) is 1.79. The molecule has 0 amide bonds. The summed E-state index contributed by atoms with van der Waals surface area (Å²) < 4.78 is 10.5. The van der Waals surface area contributed by atoms with Gasteiger partial charge in [-0.3, -0.25) is 0 Å². The van der Waals surface area contributed by atoms with E-state index in [-0.39, 0.29) is 0 Å². The molecule has 0 radical (unpaired) electrons. The Morgan fingerprint density at radius 2 is 1.80 bits per heavy atom. The van der Waals surface area contributed by atoms with Gasteiger partial charge in [0, 0.05) is 24.4 Å². The van der Waals surface area contributed by atoms with Crippen molar-refractivity contribution in [2.24, 2.45) is 0 Å². The standard InChI is InChI=1S/C15H19N3O2/c1-4-6-16-14-5-7-17-15(18-14)11-8-12(19-2)10-13(9-11)20-3/h5,7-10H,4,6H2,1-3H3,(H,16,17,18). The lowest BCUT2D eigenvalue weighted by atomic mass is 10.2. The molecule has 0 aliphatic heterocycles. The van der Waals surface area contributed by atoms with Gasteiger partial charge in [0.05, 0.1) is 14.2 Å². The van der Waals surface area contributed by atoms with Gasteiger partial charge in [-0.15, -0.1) is 0 Å². The van der Waals surface area contributed by atoms with Crippen LogP contribution in [0.4, 0.5) is 5.82 Å². The zero-order chi connectivity index (χ0) is 14.4. The molecule has 1 aromatic heterocycles. The van der Waals surface area contributed by atoms with Gasteiger partial charge < -0.3 is 14.8 Å². The first-order valence-corrected chi connectivity index (χ1v) is 6.57. The summed E-state index contributed by atoms with van der Waals surface area (Å²) in [7, 11) is 3.25. The molecule has 1 aromatic carbocycles. The highest BCUT2D eigenvalue weighted by Crippen LogP contribution is 2.28. The maximum absolute atomic E-state index is 5.26. The topological polar surface area (TPSA) is 56.3 Å². The summed E-state index contributed by atoms with van der Waals surface area (Å²) in [6, 6.07) is 7.46. The van der Waals surface area contributed by atoms with E-state index < -0.39 is 0 Å². The maximum atomic E-state index is 5.26. The largest absolute Gasteiger partial charge is 0.497 e. The Bertz CT molecular complexity index is 551. The Kier molecular flexibility index (Phi) is 4.76. The van der Waals surface area contributed by atoms with Crippen molar-refractivity contribution in [2.45, 2.75) is 13.3 Å². The van der Waals surface area contributed by atoms with Crippen molar-refractivity contribution in [1.29, 1.82) is 0 Å². The van der Waals surface area contributed by atoms with Crippen LogP contribution in [0.15, 0.2) is 30.5 Å². The predicted octanol–water partition coefficient (Wildman–Crippen LogP) is 2.98. The number of hydrogen-bond donors (Lipinski definition) is 1. The molecular formula is C15H19N3O2. The second-order valence-corrected chi connectivity index (χ2v) is 4.29. The number of rotatable bonds is 6. The summed E-state index contributed by atoms with van der Waals surface area (Å²) in [5.41, 5.74) is 0.862. The lowest BCUT2D eigenvalue weighted by Crippen LogP contribution is -2.03. The van der Waals surface area contributed by atoms with Gasteiger partial charge in [0.2, 0.25) is 0 Å². The molecule has 2 aromatic rings. The van der Waals surface area contributed by atoms with Crippen LogP contribution in [0.25, 0.3) is 11.4 Å². The van der Waals surface area contributed by atoms with Gasteiger partial charge in [-0.25, -0.2) is 9.97 Å². The van der Waals surface area contributed by atoms with Gasteiger partial charge in [0.15, 0.2) is 5.82 Å². The van der Waals surface area contributed by atoms with Crippen LogP contribution in [-0.4, -0.2) is 30.7 Å². The quantitative estimate of drug-likeness (QED) is 0.876. The van der Waals surface area contributed by atoms with Gasteiger partial charge in [0.25, 0.3) is 0 Å². The molecule has 106 valence electrons. The second-order valence-electron chi connectivity index (χ2n) is 4.29. The average molecular weight is 273 g/mol. The number of methoxy groups -OCH3 is 2. The van der Waals surface area contributed by atoms with E-state index in [4.69, 9.17) is 9.47 Å². The summed E-state index contributed by atoms with van der Waals surface area (Å²) in [5, 5.41) is 3.25. The van der Waals surface area contributed by atoms with Gasteiger partial charge in [0.1, 0.15) is 17.3 Å². The smallest absolute Gasteiger partial charge is 0.161 e. The minimum absolute atomic E-state index is 0.642. The molecule has 0 saturated carbocycles. The lowest BCUT2D eigenvalue weighted by Gasteiger charge is -2.09. The molecular weight excluding hydrogens is 254 g/mol. The molecule has 0 fully saturated rings. The third kappa shape index (κ3) is 3.38. The highest BCUT2D eigenvalue weighted by Gasteiger charge is 2.07. The molecule has 5 nitrogen and oxygen atoms in total. The Hall–Kier alpha value is -2.30. The molecule has 1 heterocycles. The fourth-order valence-electron chi connectivity index (χ4n) is 1.79. The zero-order valence-corrected chi connectivity index (χ0v) is 12.0. The third-order valence-electron chi connectivity index (χ3n) is 2.82. The SMILES string of the molecule is CCCNc1ccnc(-c2cc(OC)cc(OC)c2)n1. The van der Waals surface area contributed by atoms with Crippen molar-refractivity contribution < 1.29 is 9.47 Å². The van der Waals surface area contributed by atoms with Crippen molar-refractivity contribution in [3.05, 3.63) is 30.5 Å². The van der Waals surface area contributed by atoms with Crippen molar-refractivity contribution in [3.8, 4) is 22.9 Å². The summed E-state index contributed by atoms with van der Waals surface area (Å²) in [6.07, 6.45) is 2.79. The number of hydrogen-bond acceptors (Lipinski definition) is 5. The highest BCUT2D eigenvalue weighted by molar-refractivity contribution is 5.62. The van der Waals surface area contributed by atoms with Crippen molar-refractivity contribution in [2.75, 3.05) is 26.1 Å². The number of nitrogens with zero attached hydrogens (tertiary/aromatic N) is 2. The Labute approximate surface area is 119 Å². The minimum Gasteiger partial charge on any atom is -0.497 e. The molecule has 0 aliphatic rings. The Morgan fingerprint density at radius 3 is 2.40 bits per heavy atom. The average Bonchev–Trinajstić information content (AvgIpc) is 2.52. The third-order valence-corrected chi connectivity index (χ3v) is 2.82. The van der Waals surface area contributed by atoms with Crippen LogP contribution in [0.3, 0.4) is 0 Å². The molecule has 2 rings (SSSR count). The molecule has 0 spiro atoms. The summed E-state index contributed by atoms with van der Waals surface area (Å²) in [5.74, 6) is 2.90. The van der Waals surface area contributed by atoms with E-state index in [1.807, 2.05) is 24.3 Å². The number of nitrogens with one attached hydrogen (secondary N) is 1. The normalized spacial score (nSPS) is 10.2. The van der Waals surface area contributed by atoms with E-state index in [1.54, 1.807) is 20.4 Å².